The van der Waals surface area contributed by atoms with Crippen molar-refractivity contribution < 1.29 is 28.6 Å². The average molecular weight is 455 g/mol. The van der Waals surface area contributed by atoms with Gasteiger partial charge in [0.15, 0.2) is 23.1 Å². The molecule has 2 aromatic heterocycles. The first-order chi connectivity index (χ1) is 14.5. The number of fused-ring (bicyclic) bond motifs is 1. The average Bonchev–Trinajstić information content (AvgIpc) is 3.19. The first-order valence-electron chi connectivity index (χ1n) is 8.60. The van der Waals surface area contributed by atoms with E-state index >= 15 is 0 Å². The van der Waals surface area contributed by atoms with Gasteiger partial charge >= 0.3 is 8.25 Å². The van der Waals surface area contributed by atoms with Gasteiger partial charge in [-0.1, -0.05) is 29.8 Å². The number of imidazole rings is 1. The summed E-state index contributed by atoms with van der Waals surface area (Å²) < 4.78 is 22.7. The second kappa shape index (κ2) is 9.98. The van der Waals surface area contributed by atoms with E-state index in [4.69, 9.17) is 25.8 Å². The third kappa shape index (κ3) is 4.78. The molecule has 0 saturated carbocycles. The first-order valence-corrected chi connectivity index (χ1v) is 10.2. The molecule has 3 rings (SSSR count). The van der Waals surface area contributed by atoms with Crippen LogP contribution in [-0.4, -0.2) is 61.4 Å². The Labute approximate surface area is 176 Å². The zero-order chi connectivity index (χ0) is 21.7. The van der Waals surface area contributed by atoms with Gasteiger partial charge < -0.3 is 15.2 Å². The minimum Gasteiger partial charge on any atom is -0.394 e. The number of halogens is 1. The van der Waals surface area contributed by atoms with Crippen LogP contribution in [-0.2, 0) is 13.8 Å². The molecule has 0 bridgehead atoms. The van der Waals surface area contributed by atoms with Crippen molar-refractivity contribution >= 4 is 42.7 Å². The predicted octanol–water partition coefficient (Wildman–Crippen LogP) is 1.86. The van der Waals surface area contributed by atoms with Crippen molar-refractivity contribution in [3.8, 4) is 0 Å². The van der Waals surface area contributed by atoms with E-state index in [1.807, 2.05) is 0 Å². The summed E-state index contributed by atoms with van der Waals surface area (Å²) in [5, 5.41) is 12.2. The molecule has 0 saturated heterocycles. The maximum atomic E-state index is 12.4. The van der Waals surface area contributed by atoms with Crippen molar-refractivity contribution in [3.63, 3.8) is 0 Å². The summed E-state index contributed by atoms with van der Waals surface area (Å²) in [5.74, 6) is -0.224. The highest BCUT2D eigenvalue weighted by Gasteiger charge is 2.39. The maximum Gasteiger partial charge on any atom is 0.695 e. The number of ether oxygens (including phenoxy) is 1. The maximum absolute atomic E-state index is 12.4. The molecular formula is C17H18ClN5O6P+. The minimum atomic E-state index is -3.03. The van der Waals surface area contributed by atoms with E-state index in [1.165, 1.54) is 24.3 Å². The third-order valence-electron chi connectivity index (χ3n) is 4.22. The number of carbonyl (C=O) groups is 1. The van der Waals surface area contributed by atoms with E-state index in [0.717, 1.165) is 0 Å². The molecule has 2 heterocycles. The molecule has 1 aromatic carbocycles. The van der Waals surface area contributed by atoms with E-state index in [1.54, 1.807) is 30.3 Å². The van der Waals surface area contributed by atoms with E-state index in [-0.39, 0.29) is 22.9 Å². The minimum absolute atomic E-state index is 0.160. The van der Waals surface area contributed by atoms with Crippen LogP contribution in [0.3, 0.4) is 0 Å². The summed E-state index contributed by atoms with van der Waals surface area (Å²) in [4.78, 5) is 34.0. The van der Waals surface area contributed by atoms with Gasteiger partial charge in [0.2, 0.25) is 0 Å². The Kier molecular flexibility index (Phi) is 7.38. The van der Waals surface area contributed by atoms with Gasteiger partial charge in [0.1, 0.15) is 17.9 Å². The number of hydrogen-bond donors (Lipinski definition) is 3. The lowest BCUT2D eigenvalue weighted by Gasteiger charge is -2.24. The number of rotatable bonds is 9. The van der Waals surface area contributed by atoms with Crippen LogP contribution >= 0.6 is 19.9 Å². The van der Waals surface area contributed by atoms with Gasteiger partial charge in [0.25, 0.3) is 5.91 Å². The molecule has 3 N–H and O–H groups in total. The normalized spacial score (nSPS) is 14.9. The molecule has 0 aliphatic carbocycles. The molecule has 13 heteroatoms. The van der Waals surface area contributed by atoms with Crippen LogP contribution in [0, 0.1) is 0 Å². The number of anilines is 1. The first kappa shape index (κ1) is 22.2. The number of benzene rings is 1. The number of aliphatic hydroxyl groups excluding tert-OH is 1. The molecule has 0 radical (unpaired) electrons. The molecule has 1 amide bonds. The van der Waals surface area contributed by atoms with Crippen LogP contribution < -0.4 is 5.32 Å². The van der Waals surface area contributed by atoms with E-state index in [2.05, 4.69) is 20.3 Å². The third-order valence-corrected chi connectivity index (χ3v) is 5.11. The van der Waals surface area contributed by atoms with Crippen LogP contribution in [0.5, 0.6) is 0 Å². The van der Waals surface area contributed by atoms with Crippen molar-refractivity contribution in [1.29, 1.82) is 0 Å². The van der Waals surface area contributed by atoms with Crippen LogP contribution in [0.4, 0.5) is 5.82 Å². The Morgan fingerprint density at radius 2 is 2.03 bits per heavy atom. The molecule has 3 aromatic rings. The van der Waals surface area contributed by atoms with Gasteiger partial charge in [-0.25, -0.2) is 15.0 Å². The lowest BCUT2D eigenvalue weighted by molar-refractivity contribution is -0.0385. The second-order valence-corrected chi connectivity index (χ2v) is 7.14. The van der Waals surface area contributed by atoms with Gasteiger partial charge in [-0.3, -0.25) is 9.36 Å². The monoisotopic (exact) mass is 454 g/mol. The predicted molar refractivity (Wildman–Crippen MR) is 107 cm³/mol. The van der Waals surface area contributed by atoms with Crippen molar-refractivity contribution in [2.24, 2.45) is 0 Å². The van der Waals surface area contributed by atoms with E-state index in [9.17, 15) is 14.5 Å². The van der Waals surface area contributed by atoms with E-state index < -0.39 is 32.6 Å². The highest BCUT2D eigenvalue weighted by molar-refractivity contribution is 7.32. The Hall–Kier alpha value is -2.53. The van der Waals surface area contributed by atoms with Crippen molar-refractivity contribution in [3.05, 3.63) is 48.5 Å². The van der Waals surface area contributed by atoms with Gasteiger partial charge in [-0.2, -0.15) is 0 Å². The quantitative estimate of drug-likeness (QED) is 0.325. The fourth-order valence-corrected chi connectivity index (χ4v) is 3.65. The second-order valence-electron chi connectivity index (χ2n) is 6.00. The Bertz CT molecular complexity index is 1030. The summed E-state index contributed by atoms with van der Waals surface area (Å²) >= 11 is 6.46. The lowest BCUT2D eigenvalue weighted by atomic mass is 10.2. The number of nitrogens with one attached hydrogen (secondary N) is 1. The Morgan fingerprint density at radius 1 is 1.30 bits per heavy atom. The highest BCUT2D eigenvalue weighted by Crippen LogP contribution is 2.33. The zero-order valence-corrected chi connectivity index (χ0v) is 17.3. The summed E-state index contributed by atoms with van der Waals surface area (Å²) in [7, 11) is -1.73. The molecule has 11 nitrogen and oxygen atoms in total. The summed E-state index contributed by atoms with van der Waals surface area (Å²) in [5.41, 5.74) is -0.198. The molecule has 0 aliphatic rings. The lowest BCUT2D eigenvalue weighted by Crippen LogP contribution is -2.37. The summed E-state index contributed by atoms with van der Waals surface area (Å²) in [6.07, 6.45) is 0.340. The molecule has 0 aliphatic heterocycles. The number of aromatic nitrogens is 4. The molecular weight excluding hydrogens is 437 g/mol. The number of methoxy groups -OCH3 is 1. The van der Waals surface area contributed by atoms with Crippen molar-refractivity contribution in [2.45, 2.75) is 17.7 Å². The molecule has 0 fully saturated rings. The van der Waals surface area contributed by atoms with Gasteiger partial charge in [-0.15, -0.1) is 9.42 Å². The number of alkyl halides is 1. The smallest absolute Gasteiger partial charge is 0.394 e. The Morgan fingerprint density at radius 3 is 2.67 bits per heavy atom. The van der Waals surface area contributed by atoms with Gasteiger partial charge in [0.05, 0.1) is 12.9 Å². The van der Waals surface area contributed by atoms with Gasteiger partial charge in [-0.05, 0) is 12.1 Å². The number of amides is 1. The van der Waals surface area contributed by atoms with Crippen LogP contribution in [0.2, 0.25) is 0 Å². The summed E-state index contributed by atoms with van der Waals surface area (Å²) in [6, 6.07) is 8.56. The zero-order valence-electron chi connectivity index (χ0n) is 15.6. The number of carbonyl (C=O) groups excluding carboxylic acids is 1. The topological polar surface area (TPSA) is 149 Å². The number of aliphatic hydroxyl groups is 1. The van der Waals surface area contributed by atoms with Crippen molar-refractivity contribution in [2.75, 3.05) is 19.0 Å². The molecule has 158 valence electrons. The molecule has 4 atom stereocenters. The van der Waals surface area contributed by atoms with Crippen LogP contribution in [0.15, 0.2) is 43.0 Å². The summed E-state index contributed by atoms with van der Waals surface area (Å²) in [6.45, 7) is -0.506. The van der Waals surface area contributed by atoms with Crippen molar-refractivity contribution in [1.82, 2.24) is 19.5 Å². The fourth-order valence-electron chi connectivity index (χ4n) is 2.76. The SMILES string of the molecule is CO[C@H](CO)[C@@H](O[P+](=O)O)[C@@H](Cl)n1cnc2c(NC(=O)c3ccccc3)ncnc21. The van der Waals surface area contributed by atoms with E-state index in [0.29, 0.717) is 5.56 Å². The number of hydrogen-bond acceptors (Lipinski definition) is 8. The molecule has 0 spiro atoms. The highest BCUT2D eigenvalue weighted by atomic mass is 35.5. The largest absolute Gasteiger partial charge is 0.695 e. The molecule has 1 unspecified atom stereocenters. The van der Waals surface area contributed by atoms with Crippen LogP contribution in [0.1, 0.15) is 15.9 Å². The molecule has 30 heavy (non-hydrogen) atoms. The number of nitrogens with zero attached hydrogens (tertiary/aromatic N) is 4. The fraction of sp³-hybridized carbons (Fsp3) is 0.294. The van der Waals surface area contributed by atoms with Gasteiger partial charge in [0, 0.05) is 17.2 Å². The van der Waals surface area contributed by atoms with Crippen LogP contribution in [0.25, 0.3) is 11.2 Å². The Balaban J connectivity index is 1.93. The standard InChI is InChI=1S/C17H17ClN5O6P/c1-28-11(7-24)13(29-30(26)27)14(18)23-9-21-12-15(19-8-20-16(12)23)22-17(25)10-5-3-2-4-6-10/h2-6,8-9,11,13-14,24H,7H2,1H3,(H-,19,20,22,25,26,27)/p+1/t11-,13-,14+/m1/s1.